The molecule has 1 aliphatic rings. The minimum Gasteiger partial charge on any atom is -0.463 e. The molecule has 0 radical (unpaired) electrons. The maximum atomic E-state index is 11.5. The van der Waals surface area contributed by atoms with Gasteiger partial charge in [0.15, 0.2) is 6.29 Å². The lowest BCUT2D eigenvalue weighted by Gasteiger charge is -2.44. The molecule has 25 heavy (non-hydrogen) atoms. The van der Waals surface area contributed by atoms with Crippen LogP contribution in [0.1, 0.15) is 53.9 Å². The molecule has 1 rings (SSSR count). The molecule has 0 saturated carbocycles. The molecule has 5 unspecified atom stereocenters. The first kappa shape index (κ1) is 21.6. The van der Waals surface area contributed by atoms with E-state index in [1.807, 2.05) is 13.8 Å². The zero-order chi connectivity index (χ0) is 19.0. The average molecular weight is 357 g/mol. The van der Waals surface area contributed by atoms with E-state index in [0.717, 1.165) is 12.8 Å². The van der Waals surface area contributed by atoms with Crippen molar-refractivity contribution in [2.45, 2.75) is 72.3 Å². The Bertz CT molecular complexity index is 464. The van der Waals surface area contributed by atoms with Crippen LogP contribution in [0.4, 0.5) is 0 Å². The van der Waals surface area contributed by atoms with Crippen molar-refractivity contribution in [3.63, 3.8) is 0 Å². The van der Waals surface area contributed by atoms with E-state index in [-0.39, 0.29) is 48.2 Å². The molecule has 1 N–H and O–H groups in total. The summed E-state index contributed by atoms with van der Waals surface area (Å²) in [4.78, 5) is 33.6. The van der Waals surface area contributed by atoms with Crippen molar-refractivity contribution in [2.75, 3.05) is 13.2 Å². The van der Waals surface area contributed by atoms with Gasteiger partial charge in [-0.05, 0) is 31.6 Å². The summed E-state index contributed by atoms with van der Waals surface area (Å²) in [5, 5.41) is 2.91. The number of rotatable bonds is 9. The second-order valence-corrected chi connectivity index (χ2v) is 6.82. The highest BCUT2D eigenvalue weighted by Crippen LogP contribution is 2.31. The van der Waals surface area contributed by atoms with Crippen LogP contribution < -0.4 is 5.32 Å². The van der Waals surface area contributed by atoms with E-state index >= 15 is 0 Å². The van der Waals surface area contributed by atoms with Crippen LogP contribution in [-0.2, 0) is 28.6 Å². The van der Waals surface area contributed by atoms with Crippen LogP contribution in [0.15, 0.2) is 0 Å². The van der Waals surface area contributed by atoms with Crippen molar-refractivity contribution in [3.05, 3.63) is 0 Å². The number of esters is 1. The number of nitrogens with one attached hydrogen (secondary N) is 1. The maximum Gasteiger partial charge on any atom is 0.302 e. The molecular formula is C18H31NO6. The summed E-state index contributed by atoms with van der Waals surface area (Å²) in [7, 11) is 0. The van der Waals surface area contributed by atoms with E-state index in [4.69, 9.17) is 14.2 Å². The van der Waals surface area contributed by atoms with Crippen molar-refractivity contribution in [3.8, 4) is 0 Å². The SMILES string of the molecule is CC(=O)CCCCOC1OC(COC(C)=O)C(C)C(C)C1NC(C)=O. The molecule has 0 aromatic heterocycles. The van der Waals surface area contributed by atoms with Gasteiger partial charge in [-0.3, -0.25) is 9.59 Å². The van der Waals surface area contributed by atoms with Gasteiger partial charge in [-0.15, -0.1) is 0 Å². The Morgan fingerprint density at radius 3 is 2.28 bits per heavy atom. The number of amides is 1. The van der Waals surface area contributed by atoms with Gasteiger partial charge in [0.1, 0.15) is 12.4 Å². The minimum absolute atomic E-state index is 0.0914. The Labute approximate surface area is 149 Å². The highest BCUT2D eigenvalue weighted by atomic mass is 16.7. The molecule has 0 aliphatic carbocycles. The molecule has 0 bridgehead atoms. The molecule has 0 aromatic carbocycles. The number of ketones is 1. The van der Waals surface area contributed by atoms with Gasteiger partial charge in [0.25, 0.3) is 0 Å². The first-order valence-electron chi connectivity index (χ1n) is 8.89. The third-order valence-corrected chi connectivity index (χ3v) is 4.61. The van der Waals surface area contributed by atoms with Crippen molar-refractivity contribution in [1.29, 1.82) is 0 Å². The summed E-state index contributed by atoms with van der Waals surface area (Å²) < 4.78 is 16.9. The van der Waals surface area contributed by atoms with Crippen molar-refractivity contribution in [1.82, 2.24) is 5.32 Å². The number of hydrogen-bond donors (Lipinski definition) is 1. The van der Waals surface area contributed by atoms with E-state index in [1.165, 1.54) is 13.8 Å². The van der Waals surface area contributed by atoms with Gasteiger partial charge in [-0.1, -0.05) is 13.8 Å². The van der Waals surface area contributed by atoms with E-state index in [0.29, 0.717) is 13.0 Å². The molecule has 1 heterocycles. The van der Waals surface area contributed by atoms with E-state index < -0.39 is 6.29 Å². The standard InChI is InChI=1S/C18H31NO6/c1-11(20)8-6-7-9-23-18-17(19-14(4)21)13(3)12(2)16(25-18)10-24-15(5)22/h12-13,16-18H,6-10H2,1-5H3,(H,19,21). The number of hydrogen-bond acceptors (Lipinski definition) is 6. The van der Waals surface area contributed by atoms with Crippen LogP contribution in [0.5, 0.6) is 0 Å². The minimum atomic E-state index is -0.604. The highest BCUT2D eigenvalue weighted by molar-refractivity contribution is 5.75. The van der Waals surface area contributed by atoms with Crippen LogP contribution in [0.25, 0.3) is 0 Å². The molecule has 144 valence electrons. The predicted octanol–water partition coefficient (Wildman–Crippen LogP) is 1.83. The lowest BCUT2D eigenvalue weighted by molar-refractivity contribution is -0.244. The predicted molar refractivity (Wildman–Crippen MR) is 91.7 cm³/mol. The largest absolute Gasteiger partial charge is 0.463 e. The van der Waals surface area contributed by atoms with E-state index in [9.17, 15) is 14.4 Å². The summed E-state index contributed by atoms with van der Waals surface area (Å²) in [5.74, 6) is -0.145. The summed E-state index contributed by atoms with van der Waals surface area (Å²) in [5.41, 5.74) is 0. The number of Topliss-reactive ketones (excluding diaryl/α,β-unsaturated/α-hetero) is 1. The lowest BCUT2D eigenvalue weighted by Crippen LogP contribution is -2.58. The van der Waals surface area contributed by atoms with E-state index in [1.54, 1.807) is 6.92 Å². The summed E-state index contributed by atoms with van der Waals surface area (Å²) >= 11 is 0. The molecule has 0 aromatic rings. The molecule has 1 fully saturated rings. The third kappa shape index (κ3) is 7.52. The number of unbranched alkanes of at least 4 members (excludes halogenated alkanes) is 1. The topological polar surface area (TPSA) is 90.9 Å². The van der Waals surface area contributed by atoms with Gasteiger partial charge in [0, 0.05) is 26.9 Å². The second-order valence-electron chi connectivity index (χ2n) is 6.82. The van der Waals surface area contributed by atoms with Gasteiger partial charge in [-0.25, -0.2) is 0 Å². The zero-order valence-electron chi connectivity index (χ0n) is 15.9. The first-order valence-corrected chi connectivity index (χ1v) is 8.89. The molecule has 0 spiro atoms. The maximum absolute atomic E-state index is 11.5. The average Bonchev–Trinajstić information content (AvgIpc) is 2.51. The second kappa shape index (κ2) is 10.5. The van der Waals surface area contributed by atoms with Gasteiger partial charge >= 0.3 is 5.97 Å². The normalized spacial score (nSPS) is 29.1. The van der Waals surface area contributed by atoms with Crippen LogP contribution in [0.3, 0.4) is 0 Å². The Morgan fingerprint density at radius 1 is 1.04 bits per heavy atom. The molecule has 5 atom stereocenters. The smallest absolute Gasteiger partial charge is 0.302 e. The van der Waals surface area contributed by atoms with E-state index in [2.05, 4.69) is 5.32 Å². The zero-order valence-corrected chi connectivity index (χ0v) is 15.9. The molecule has 7 nitrogen and oxygen atoms in total. The number of carbonyl (C=O) groups excluding carboxylic acids is 3. The van der Waals surface area contributed by atoms with Crippen LogP contribution in [0.2, 0.25) is 0 Å². The summed E-state index contributed by atoms with van der Waals surface area (Å²) in [6.07, 6.45) is 1.15. The van der Waals surface area contributed by atoms with Gasteiger partial charge in [-0.2, -0.15) is 0 Å². The Hall–Kier alpha value is -1.47. The van der Waals surface area contributed by atoms with Crippen LogP contribution in [0, 0.1) is 11.8 Å². The summed E-state index contributed by atoms with van der Waals surface area (Å²) in [6.45, 7) is 9.04. The number of ether oxygens (including phenoxy) is 3. The Balaban J connectivity index is 2.66. The van der Waals surface area contributed by atoms with Crippen molar-refractivity contribution in [2.24, 2.45) is 11.8 Å². The van der Waals surface area contributed by atoms with Crippen molar-refractivity contribution >= 4 is 17.7 Å². The lowest BCUT2D eigenvalue weighted by atomic mass is 9.82. The molecule has 1 aliphatic heterocycles. The fourth-order valence-corrected chi connectivity index (χ4v) is 2.94. The van der Waals surface area contributed by atoms with Crippen LogP contribution >= 0.6 is 0 Å². The van der Waals surface area contributed by atoms with Crippen molar-refractivity contribution < 1.29 is 28.6 Å². The Kier molecular flexibility index (Phi) is 9.06. The highest BCUT2D eigenvalue weighted by Gasteiger charge is 2.42. The molecular weight excluding hydrogens is 326 g/mol. The summed E-state index contributed by atoms with van der Waals surface area (Å²) in [6, 6.07) is -0.270. The monoisotopic (exact) mass is 357 g/mol. The Morgan fingerprint density at radius 2 is 1.72 bits per heavy atom. The molecule has 1 amide bonds. The molecule has 7 heteroatoms. The first-order chi connectivity index (χ1) is 11.7. The quantitative estimate of drug-likeness (QED) is 0.500. The van der Waals surface area contributed by atoms with Gasteiger partial charge in [0.05, 0.1) is 12.1 Å². The third-order valence-electron chi connectivity index (χ3n) is 4.61. The fraction of sp³-hybridized carbons (Fsp3) is 0.833. The van der Waals surface area contributed by atoms with Crippen LogP contribution in [-0.4, -0.2) is 49.3 Å². The van der Waals surface area contributed by atoms with Gasteiger partial charge < -0.3 is 24.3 Å². The fourth-order valence-electron chi connectivity index (χ4n) is 2.94. The number of carbonyl (C=O) groups is 3. The molecule has 1 saturated heterocycles. The van der Waals surface area contributed by atoms with Gasteiger partial charge in [0.2, 0.25) is 5.91 Å².